The van der Waals surface area contributed by atoms with Crippen LogP contribution in [-0.2, 0) is 15.7 Å². The van der Waals surface area contributed by atoms with Crippen LogP contribution in [-0.4, -0.2) is 108 Å². The zero-order valence-electron chi connectivity index (χ0n) is 22.8. The zero-order chi connectivity index (χ0) is 31.4. The first-order chi connectivity index (χ1) is 20.3. The van der Waals surface area contributed by atoms with Gasteiger partial charge in [0.25, 0.3) is 0 Å². The summed E-state index contributed by atoms with van der Waals surface area (Å²) in [7, 11) is 0. The summed E-state index contributed by atoms with van der Waals surface area (Å²) < 4.78 is 83.7. The number of aromatic nitrogens is 4. The molecule has 18 heteroatoms. The lowest BCUT2D eigenvalue weighted by Gasteiger charge is -2.38. The van der Waals surface area contributed by atoms with Gasteiger partial charge < -0.3 is 24.4 Å². The summed E-state index contributed by atoms with van der Waals surface area (Å²) in [6, 6.07) is 3.73. The van der Waals surface area contributed by atoms with Crippen molar-refractivity contribution in [2.45, 2.75) is 19.3 Å². The van der Waals surface area contributed by atoms with E-state index in [2.05, 4.69) is 30.0 Å². The second-order valence-electron chi connectivity index (χ2n) is 9.62. The van der Waals surface area contributed by atoms with Gasteiger partial charge in [-0.2, -0.15) is 31.4 Å². The largest absolute Gasteiger partial charge is 0.492 e. The number of aliphatic carboxylic acids is 1. The highest BCUT2D eigenvalue weighted by molar-refractivity contribution is 6.31. The molecule has 2 aromatic heterocycles. The first-order valence-electron chi connectivity index (χ1n) is 13.0. The first-order valence-corrected chi connectivity index (χ1v) is 13.4. The highest BCUT2D eigenvalue weighted by Gasteiger charge is 2.39. The Bertz CT molecular complexity index is 1410. The number of nitrogens with one attached hydrogen (secondary N) is 1. The molecule has 2 aliphatic heterocycles. The molecule has 0 aliphatic carbocycles. The number of benzene rings is 1. The van der Waals surface area contributed by atoms with Crippen LogP contribution in [0.25, 0.3) is 11.0 Å². The van der Waals surface area contributed by atoms with Crippen molar-refractivity contribution >= 4 is 40.1 Å². The van der Waals surface area contributed by atoms with Crippen molar-refractivity contribution in [2.24, 2.45) is 0 Å². The predicted molar refractivity (Wildman–Crippen MR) is 144 cm³/mol. The number of H-pyrrole nitrogens is 1. The van der Waals surface area contributed by atoms with Crippen molar-refractivity contribution in [1.29, 1.82) is 0 Å². The van der Waals surface area contributed by atoms with Crippen LogP contribution in [0, 0.1) is 6.92 Å². The summed E-state index contributed by atoms with van der Waals surface area (Å²) in [5.41, 5.74) is 1.00. The van der Waals surface area contributed by atoms with E-state index in [4.69, 9.17) is 31.0 Å². The molecule has 5 rings (SSSR count). The van der Waals surface area contributed by atoms with E-state index in [1.165, 1.54) is 6.33 Å². The number of anilines is 2. The van der Waals surface area contributed by atoms with Gasteiger partial charge in [-0.05, 0) is 19.1 Å². The molecular formula is C25H28ClF6N7O4. The van der Waals surface area contributed by atoms with Crippen LogP contribution in [0.1, 0.15) is 11.3 Å². The van der Waals surface area contributed by atoms with Gasteiger partial charge in [-0.15, -0.1) is 0 Å². The minimum absolute atomic E-state index is 0.000639. The fourth-order valence-electron chi connectivity index (χ4n) is 4.67. The molecule has 0 spiro atoms. The molecule has 2 saturated heterocycles. The van der Waals surface area contributed by atoms with E-state index in [1.807, 2.05) is 24.0 Å². The van der Waals surface area contributed by atoms with E-state index in [0.29, 0.717) is 37.8 Å². The van der Waals surface area contributed by atoms with Crippen molar-refractivity contribution < 1.29 is 45.7 Å². The summed E-state index contributed by atoms with van der Waals surface area (Å²) in [6.07, 6.45) is -8.42. The lowest BCUT2D eigenvalue weighted by Crippen LogP contribution is -2.47. The lowest BCUT2D eigenvalue weighted by atomic mass is 10.1. The molecule has 0 bridgehead atoms. The van der Waals surface area contributed by atoms with Crippen molar-refractivity contribution in [1.82, 2.24) is 25.1 Å². The SMILES string of the molecule is Cc1c(OCCN2CCOCC2)cc(Cl)cc1N1CCN(c2ncnc3n[nH]c(C(F)(F)F)c23)CC1.O=C(O)C(F)(F)F. The summed E-state index contributed by atoms with van der Waals surface area (Å²) in [5.74, 6) is -1.79. The molecule has 0 atom stereocenters. The standard InChI is InChI=1S/C23H27ClF3N7O2.C2HF3O2/c1-15-17(12-16(24)13-18(15)36-11-8-32-6-9-35-10-7-32)33-2-4-34(5-3-33)22-19-20(23(25,26)27)30-31-21(19)28-14-29-22;3-2(4,5)1(6)7/h12-14H,2-11H2,1H3,(H,28,29,30,31);(H,6,7). The molecule has 2 N–H and O–H groups in total. The number of aromatic amines is 1. The number of hydrogen-bond donors (Lipinski definition) is 2. The van der Waals surface area contributed by atoms with Gasteiger partial charge in [0.2, 0.25) is 0 Å². The number of morpholine rings is 1. The Labute approximate surface area is 246 Å². The molecule has 2 aliphatic rings. The summed E-state index contributed by atoms with van der Waals surface area (Å²) in [6.45, 7) is 8.76. The average Bonchev–Trinajstić information content (AvgIpc) is 3.41. The molecule has 0 amide bonds. The Kier molecular flexibility index (Phi) is 10.1. The molecule has 43 heavy (non-hydrogen) atoms. The van der Waals surface area contributed by atoms with Gasteiger partial charge >= 0.3 is 18.3 Å². The lowest BCUT2D eigenvalue weighted by molar-refractivity contribution is -0.192. The van der Waals surface area contributed by atoms with Gasteiger partial charge in [0.05, 0.1) is 18.6 Å². The molecule has 11 nitrogen and oxygen atoms in total. The van der Waals surface area contributed by atoms with Crippen molar-refractivity contribution in [3.63, 3.8) is 0 Å². The number of piperazine rings is 1. The third-order valence-corrected chi connectivity index (χ3v) is 7.06. The number of hydrogen-bond acceptors (Lipinski definition) is 9. The van der Waals surface area contributed by atoms with E-state index in [9.17, 15) is 26.3 Å². The van der Waals surface area contributed by atoms with Crippen LogP contribution in [0.3, 0.4) is 0 Å². The minimum Gasteiger partial charge on any atom is -0.492 e. The van der Waals surface area contributed by atoms with Crippen LogP contribution < -0.4 is 14.5 Å². The van der Waals surface area contributed by atoms with Gasteiger partial charge in [-0.25, -0.2) is 14.8 Å². The molecule has 1 aromatic carbocycles. The molecule has 0 unspecified atom stereocenters. The summed E-state index contributed by atoms with van der Waals surface area (Å²) in [5, 5.41) is 13.4. The number of fused-ring (bicyclic) bond motifs is 1. The topological polar surface area (TPSA) is 120 Å². The van der Waals surface area contributed by atoms with Crippen molar-refractivity contribution in [3.05, 3.63) is 34.7 Å². The van der Waals surface area contributed by atoms with Crippen molar-refractivity contribution in [2.75, 3.05) is 75.4 Å². The Morgan fingerprint density at radius 1 is 1.05 bits per heavy atom. The van der Waals surface area contributed by atoms with Crippen LogP contribution in [0.4, 0.5) is 37.8 Å². The number of rotatable bonds is 6. The summed E-state index contributed by atoms with van der Waals surface area (Å²) in [4.78, 5) is 23.3. The van der Waals surface area contributed by atoms with E-state index in [1.54, 1.807) is 0 Å². The van der Waals surface area contributed by atoms with E-state index < -0.39 is 24.0 Å². The van der Waals surface area contributed by atoms with E-state index in [0.717, 1.165) is 49.8 Å². The monoisotopic (exact) mass is 639 g/mol. The molecule has 2 fully saturated rings. The Hall–Kier alpha value is -3.57. The third-order valence-electron chi connectivity index (χ3n) is 6.84. The second-order valence-corrected chi connectivity index (χ2v) is 10.1. The molecule has 3 aromatic rings. The Morgan fingerprint density at radius 3 is 2.28 bits per heavy atom. The quantitative estimate of drug-likeness (QED) is 0.383. The van der Waals surface area contributed by atoms with Gasteiger partial charge in [0.1, 0.15) is 24.5 Å². The normalized spacial score (nSPS) is 16.7. The molecule has 236 valence electrons. The highest BCUT2D eigenvalue weighted by Crippen LogP contribution is 2.37. The Balaban J connectivity index is 0.000000541. The van der Waals surface area contributed by atoms with E-state index in [-0.39, 0.29) is 16.9 Å². The fourth-order valence-corrected chi connectivity index (χ4v) is 4.88. The second kappa shape index (κ2) is 13.4. The van der Waals surface area contributed by atoms with Crippen LogP contribution in [0.2, 0.25) is 5.02 Å². The number of carbonyl (C=O) groups is 1. The molecule has 0 saturated carbocycles. The third kappa shape index (κ3) is 8.08. The fraction of sp³-hybridized carbons (Fsp3) is 0.520. The van der Waals surface area contributed by atoms with Gasteiger partial charge in [-0.3, -0.25) is 10.00 Å². The van der Waals surface area contributed by atoms with Crippen LogP contribution >= 0.6 is 11.6 Å². The molecule has 0 radical (unpaired) electrons. The van der Waals surface area contributed by atoms with Gasteiger partial charge in [-0.1, -0.05) is 11.6 Å². The van der Waals surface area contributed by atoms with Crippen LogP contribution in [0.5, 0.6) is 5.75 Å². The number of ether oxygens (including phenoxy) is 2. The number of carboxylic acids is 1. The number of nitrogens with zero attached hydrogens (tertiary/aromatic N) is 6. The average molecular weight is 640 g/mol. The number of alkyl halides is 6. The summed E-state index contributed by atoms with van der Waals surface area (Å²) >= 11 is 6.43. The van der Waals surface area contributed by atoms with Gasteiger partial charge in [0.15, 0.2) is 11.3 Å². The highest BCUT2D eigenvalue weighted by atomic mass is 35.5. The Morgan fingerprint density at radius 2 is 1.67 bits per heavy atom. The van der Waals surface area contributed by atoms with Crippen molar-refractivity contribution in [3.8, 4) is 5.75 Å². The maximum absolute atomic E-state index is 13.5. The zero-order valence-corrected chi connectivity index (χ0v) is 23.6. The molecule has 4 heterocycles. The maximum Gasteiger partial charge on any atom is 0.490 e. The molecular weight excluding hydrogens is 612 g/mol. The number of halogens is 7. The maximum atomic E-state index is 13.5. The van der Waals surface area contributed by atoms with Gasteiger partial charge in [0, 0.05) is 62.1 Å². The first kappa shape index (κ1) is 32.3. The smallest absolute Gasteiger partial charge is 0.490 e. The van der Waals surface area contributed by atoms with Crippen LogP contribution in [0.15, 0.2) is 18.5 Å². The number of carboxylic acid groups (broad SMARTS) is 1. The minimum atomic E-state index is -5.08. The predicted octanol–water partition coefficient (Wildman–Crippen LogP) is 4.00. The van der Waals surface area contributed by atoms with E-state index >= 15 is 0 Å².